The molecule has 0 aliphatic carbocycles. The molecule has 1 nitrogen and oxygen atoms in total. The first kappa shape index (κ1) is 12.3. The first-order chi connectivity index (χ1) is 7.03. The van der Waals surface area contributed by atoms with Crippen molar-refractivity contribution in [1.29, 1.82) is 0 Å². The molecule has 0 saturated carbocycles. The van der Waals surface area contributed by atoms with Crippen LogP contribution in [0.4, 0.5) is 0 Å². The van der Waals surface area contributed by atoms with Crippen molar-refractivity contribution in [2.45, 2.75) is 24.8 Å². The van der Waals surface area contributed by atoms with Crippen molar-refractivity contribution < 1.29 is 5.11 Å². The number of halogens is 1. The van der Waals surface area contributed by atoms with Crippen molar-refractivity contribution in [1.82, 2.24) is 0 Å². The van der Waals surface area contributed by atoms with E-state index in [4.69, 9.17) is 11.6 Å². The first-order valence-corrected chi connectivity index (χ1v) is 5.51. The zero-order valence-electron chi connectivity index (χ0n) is 9.15. The van der Waals surface area contributed by atoms with Gasteiger partial charge in [-0.2, -0.15) is 0 Å². The topological polar surface area (TPSA) is 20.2 Å². The number of hydrogen-bond donors (Lipinski definition) is 1. The van der Waals surface area contributed by atoms with Gasteiger partial charge in [-0.1, -0.05) is 43.3 Å². The van der Waals surface area contributed by atoms with Gasteiger partial charge in [-0.3, -0.25) is 0 Å². The Balaban J connectivity index is 3.18. The van der Waals surface area contributed by atoms with Gasteiger partial charge >= 0.3 is 0 Å². The van der Waals surface area contributed by atoms with Gasteiger partial charge in [0, 0.05) is 5.92 Å². The van der Waals surface area contributed by atoms with Gasteiger partial charge in [0.25, 0.3) is 0 Å². The van der Waals surface area contributed by atoms with Crippen molar-refractivity contribution >= 4 is 11.6 Å². The Bertz CT molecular complexity index is 321. The van der Waals surface area contributed by atoms with Gasteiger partial charge in [-0.15, -0.1) is 18.2 Å². The largest absolute Gasteiger partial charge is 0.383 e. The predicted molar refractivity (Wildman–Crippen MR) is 65.0 cm³/mol. The molecule has 0 fully saturated rings. The molecule has 1 aromatic carbocycles. The first-order valence-electron chi connectivity index (χ1n) is 5.08. The van der Waals surface area contributed by atoms with Gasteiger partial charge in [0.15, 0.2) is 0 Å². The lowest BCUT2D eigenvalue weighted by molar-refractivity contribution is 0.000753. The molecular weight excluding hydrogens is 208 g/mol. The van der Waals surface area contributed by atoms with Crippen LogP contribution in [0.3, 0.4) is 0 Å². The second-order valence-corrected chi connectivity index (χ2v) is 4.49. The SMILES string of the molecule is C=CC(C)C(O)(c1ccccc1)C(C)Cl. The molecule has 1 N–H and O–H groups in total. The van der Waals surface area contributed by atoms with Crippen LogP contribution in [-0.2, 0) is 5.60 Å². The summed E-state index contributed by atoms with van der Waals surface area (Å²) in [5.74, 6) is -0.0904. The molecule has 0 aliphatic rings. The van der Waals surface area contributed by atoms with E-state index >= 15 is 0 Å². The fourth-order valence-electron chi connectivity index (χ4n) is 1.74. The highest BCUT2D eigenvalue weighted by atomic mass is 35.5. The van der Waals surface area contributed by atoms with Gasteiger partial charge in [-0.25, -0.2) is 0 Å². The Hall–Kier alpha value is -0.790. The van der Waals surface area contributed by atoms with Crippen LogP contribution < -0.4 is 0 Å². The molecule has 0 bridgehead atoms. The van der Waals surface area contributed by atoms with E-state index in [1.165, 1.54) is 0 Å². The summed E-state index contributed by atoms with van der Waals surface area (Å²) in [5, 5.41) is 10.3. The molecule has 0 spiro atoms. The summed E-state index contributed by atoms with van der Waals surface area (Å²) in [6, 6.07) is 9.49. The Morgan fingerprint density at radius 2 is 1.87 bits per heavy atom. The minimum atomic E-state index is -1.05. The smallest absolute Gasteiger partial charge is 0.112 e. The predicted octanol–water partition coefficient (Wildman–Crippen LogP) is 3.32. The highest BCUT2D eigenvalue weighted by Gasteiger charge is 2.38. The van der Waals surface area contributed by atoms with Crippen LogP contribution in [0, 0.1) is 5.92 Å². The molecule has 0 amide bonds. The van der Waals surface area contributed by atoms with Crippen LogP contribution in [0.15, 0.2) is 43.0 Å². The van der Waals surface area contributed by atoms with Crippen molar-refractivity contribution in [2.24, 2.45) is 5.92 Å². The minimum Gasteiger partial charge on any atom is -0.383 e. The Morgan fingerprint density at radius 1 is 1.33 bits per heavy atom. The lowest BCUT2D eigenvalue weighted by Gasteiger charge is -2.35. The third-order valence-electron chi connectivity index (χ3n) is 2.89. The van der Waals surface area contributed by atoms with Crippen LogP contribution in [0.1, 0.15) is 19.4 Å². The van der Waals surface area contributed by atoms with Crippen LogP contribution in [0.2, 0.25) is 0 Å². The highest BCUT2D eigenvalue weighted by Crippen LogP contribution is 2.36. The second kappa shape index (κ2) is 4.82. The molecule has 0 aromatic heterocycles. The molecule has 0 saturated heterocycles. The van der Waals surface area contributed by atoms with Gasteiger partial charge in [0.2, 0.25) is 0 Å². The zero-order chi connectivity index (χ0) is 11.5. The van der Waals surface area contributed by atoms with Crippen LogP contribution in [0.5, 0.6) is 0 Å². The molecule has 1 aromatic rings. The standard InChI is InChI=1S/C13H17ClO/c1-4-10(2)13(15,11(3)14)12-8-6-5-7-9-12/h4-11,15H,1H2,2-3H3. The van der Waals surface area contributed by atoms with Crippen LogP contribution in [-0.4, -0.2) is 10.5 Å². The van der Waals surface area contributed by atoms with E-state index in [1.54, 1.807) is 13.0 Å². The summed E-state index contributed by atoms with van der Waals surface area (Å²) in [5.41, 5.74) is -0.218. The third kappa shape index (κ3) is 2.24. The number of aliphatic hydroxyl groups is 1. The number of hydrogen-bond acceptors (Lipinski definition) is 1. The third-order valence-corrected chi connectivity index (χ3v) is 3.22. The van der Waals surface area contributed by atoms with Gasteiger partial charge in [0.05, 0.1) is 5.38 Å². The zero-order valence-corrected chi connectivity index (χ0v) is 9.91. The van der Waals surface area contributed by atoms with E-state index in [0.717, 1.165) is 5.56 Å². The molecule has 2 heteroatoms. The highest BCUT2D eigenvalue weighted by molar-refractivity contribution is 6.21. The normalized spacial score (nSPS) is 18.9. The van der Waals surface area contributed by atoms with E-state index in [9.17, 15) is 5.11 Å². The second-order valence-electron chi connectivity index (χ2n) is 3.83. The summed E-state index contributed by atoms with van der Waals surface area (Å²) in [6.07, 6.45) is 1.73. The molecule has 82 valence electrons. The monoisotopic (exact) mass is 224 g/mol. The lowest BCUT2D eigenvalue weighted by atomic mass is 9.80. The summed E-state index contributed by atoms with van der Waals surface area (Å²) >= 11 is 6.10. The van der Waals surface area contributed by atoms with E-state index in [0.29, 0.717) is 0 Å². The number of alkyl halides is 1. The molecule has 15 heavy (non-hydrogen) atoms. The van der Waals surface area contributed by atoms with Crippen molar-refractivity contribution in [3.05, 3.63) is 48.6 Å². The van der Waals surface area contributed by atoms with E-state index in [-0.39, 0.29) is 11.3 Å². The summed E-state index contributed by atoms with van der Waals surface area (Å²) < 4.78 is 0. The van der Waals surface area contributed by atoms with E-state index in [2.05, 4.69) is 6.58 Å². The maximum atomic E-state index is 10.6. The average molecular weight is 225 g/mol. The maximum absolute atomic E-state index is 10.6. The lowest BCUT2D eigenvalue weighted by Crippen LogP contribution is -2.40. The fourth-order valence-corrected chi connectivity index (χ4v) is 2.06. The summed E-state index contributed by atoms with van der Waals surface area (Å²) in [4.78, 5) is 0. The Morgan fingerprint density at radius 3 is 2.27 bits per heavy atom. The van der Waals surface area contributed by atoms with Crippen molar-refractivity contribution in [3.63, 3.8) is 0 Å². The Kier molecular flexibility index (Phi) is 3.95. The molecule has 0 aliphatic heterocycles. The van der Waals surface area contributed by atoms with Crippen LogP contribution in [0.25, 0.3) is 0 Å². The minimum absolute atomic E-state index is 0.0904. The van der Waals surface area contributed by atoms with Gasteiger partial charge < -0.3 is 5.11 Å². The van der Waals surface area contributed by atoms with Crippen LogP contribution >= 0.6 is 11.6 Å². The fraction of sp³-hybridized carbons (Fsp3) is 0.385. The van der Waals surface area contributed by atoms with Crippen molar-refractivity contribution in [3.8, 4) is 0 Å². The summed E-state index contributed by atoms with van der Waals surface area (Å²) in [7, 11) is 0. The molecule has 0 heterocycles. The van der Waals surface area contributed by atoms with E-state index in [1.807, 2.05) is 37.3 Å². The number of benzene rings is 1. The average Bonchev–Trinajstić information content (AvgIpc) is 2.27. The maximum Gasteiger partial charge on any atom is 0.112 e. The Labute approximate surface area is 96.4 Å². The molecule has 3 atom stereocenters. The quantitative estimate of drug-likeness (QED) is 0.615. The van der Waals surface area contributed by atoms with Gasteiger partial charge in [-0.05, 0) is 12.5 Å². The van der Waals surface area contributed by atoms with Crippen molar-refractivity contribution in [2.75, 3.05) is 0 Å². The number of rotatable bonds is 4. The van der Waals surface area contributed by atoms with E-state index < -0.39 is 5.60 Å². The van der Waals surface area contributed by atoms with Gasteiger partial charge in [0.1, 0.15) is 5.60 Å². The molecule has 1 rings (SSSR count). The molecular formula is C13H17ClO. The molecule has 0 radical (unpaired) electrons. The summed E-state index contributed by atoms with van der Waals surface area (Å²) in [6.45, 7) is 7.43. The molecule has 3 unspecified atom stereocenters.